The van der Waals surface area contributed by atoms with Gasteiger partial charge in [0.2, 0.25) is 11.6 Å². The number of ether oxygens (including phenoxy) is 2. The minimum atomic E-state index is -2.16. The fourth-order valence-electron chi connectivity index (χ4n) is 2.30. The predicted molar refractivity (Wildman–Crippen MR) is 72.0 cm³/mol. The van der Waals surface area contributed by atoms with Crippen molar-refractivity contribution in [2.45, 2.75) is 48.2 Å². The van der Waals surface area contributed by atoms with Crippen LogP contribution < -0.4 is 0 Å². The fraction of sp³-hybridized carbons (Fsp3) is 1.00. The topological polar surface area (TPSA) is 221 Å². The van der Waals surface area contributed by atoms with Gasteiger partial charge in [-0.2, -0.15) is 0 Å². The van der Waals surface area contributed by atoms with Gasteiger partial charge in [-0.3, -0.25) is 0 Å². The maximum absolute atomic E-state index is 9.25. The molecule has 0 amide bonds. The number of hydrogen-bond donors (Lipinski definition) is 10. The maximum atomic E-state index is 9.25. The maximum Gasteiger partial charge on any atom is 0.219 e. The molecule has 2 aliphatic heterocycles. The molecule has 0 radical (unpaired) electrons. The zero-order chi connectivity index (χ0) is 18.7. The van der Waals surface area contributed by atoms with Crippen LogP contribution in [0.3, 0.4) is 0 Å². The Balaban J connectivity index is 0.000000240. The van der Waals surface area contributed by atoms with Gasteiger partial charge in [0.1, 0.15) is 36.6 Å². The summed E-state index contributed by atoms with van der Waals surface area (Å²) >= 11 is 0. The molecule has 0 bridgehead atoms. The van der Waals surface area contributed by atoms with E-state index in [0.717, 1.165) is 0 Å². The summed E-state index contributed by atoms with van der Waals surface area (Å²) in [4.78, 5) is 0. The normalized spacial score (nSPS) is 48.2. The van der Waals surface area contributed by atoms with Crippen LogP contribution in [0.15, 0.2) is 0 Å². The summed E-state index contributed by atoms with van der Waals surface area (Å²) in [5, 5.41) is 89.4. The Morgan fingerprint density at radius 2 is 0.917 bits per heavy atom. The molecule has 0 aliphatic carbocycles. The van der Waals surface area contributed by atoms with Crippen molar-refractivity contribution < 1.29 is 60.5 Å². The van der Waals surface area contributed by atoms with E-state index >= 15 is 0 Å². The Morgan fingerprint density at radius 3 is 1.04 bits per heavy atom. The largest absolute Gasteiger partial charge is 0.394 e. The standard InChI is InChI=1S/2C6H12O6/c2*7-1-3-4(9)5(10)6(11,2-8)12-3/h2*3-5,7-11H,1-2H2/t3-,4-,5+,6?;3-,4-,5+,6-/m11/s1. The van der Waals surface area contributed by atoms with E-state index in [2.05, 4.69) is 9.47 Å². The number of hydrogen-bond acceptors (Lipinski definition) is 12. The number of rotatable bonds is 4. The molecule has 2 aliphatic rings. The van der Waals surface area contributed by atoms with Gasteiger partial charge in [0, 0.05) is 0 Å². The van der Waals surface area contributed by atoms with Crippen molar-refractivity contribution in [3.8, 4) is 0 Å². The van der Waals surface area contributed by atoms with E-state index in [1.54, 1.807) is 0 Å². The average molecular weight is 360 g/mol. The molecular weight excluding hydrogens is 336 g/mol. The van der Waals surface area contributed by atoms with E-state index in [9.17, 15) is 10.2 Å². The molecule has 0 aromatic carbocycles. The first-order valence-corrected chi connectivity index (χ1v) is 7.06. The van der Waals surface area contributed by atoms with Gasteiger partial charge in [0.25, 0.3) is 0 Å². The molecule has 144 valence electrons. The summed E-state index contributed by atoms with van der Waals surface area (Å²) in [5.74, 6) is -4.32. The minimum absolute atomic E-state index is 0.527. The van der Waals surface area contributed by atoms with Crippen molar-refractivity contribution in [3.05, 3.63) is 0 Å². The molecule has 0 aromatic rings. The van der Waals surface area contributed by atoms with E-state index in [1.807, 2.05) is 0 Å². The third-order valence-corrected chi connectivity index (χ3v) is 3.86. The highest BCUT2D eigenvalue weighted by atomic mass is 16.7. The van der Waals surface area contributed by atoms with Gasteiger partial charge < -0.3 is 60.5 Å². The lowest BCUT2D eigenvalue weighted by Gasteiger charge is -2.22. The van der Waals surface area contributed by atoms with Crippen LogP contribution in [0, 0.1) is 0 Å². The molecule has 0 aromatic heterocycles. The molecule has 2 fully saturated rings. The molecule has 2 heterocycles. The molecule has 2 saturated heterocycles. The average Bonchev–Trinajstić information content (AvgIpc) is 2.96. The van der Waals surface area contributed by atoms with Crippen molar-refractivity contribution in [2.24, 2.45) is 0 Å². The summed E-state index contributed by atoms with van der Waals surface area (Å²) in [7, 11) is 0. The van der Waals surface area contributed by atoms with Gasteiger partial charge in [0.05, 0.1) is 26.4 Å². The Kier molecular flexibility index (Phi) is 7.43. The third-order valence-electron chi connectivity index (χ3n) is 3.86. The highest BCUT2D eigenvalue weighted by molar-refractivity contribution is 4.95. The van der Waals surface area contributed by atoms with E-state index in [1.165, 1.54) is 0 Å². The summed E-state index contributed by atoms with van der Waals surface area (Å²) in [6, 6.07) is 0. The molecule has 0 spiro atoms. The van der Waals surface area contributed by atoms with Crippen LogP contribution in [0.25, 0.3) is 0 Å². The molecule has 2 rings (SSSR count). The molecule has 1 unspecified atom stereocenters. The van der Waals surface area contributed by atoms with Crippen LogP contribution in [-0.2, 0) is 9.47 Å². The SMILES string of the molecule is OC[C@H]1OC(O)(CO)[C@@H](O)[C@@H]1O.OC[C@H]1O[C@](O)(CO)[C@@H](O)[C@@H]1O. The Morgan fingerprint density at radius 1 is 0.625 bits per heavy atom. The second kappa shape index (κ2) is 8.27. The van der Waals surface area contributed by atoms with Crippen molar-refractivity contribution in [1.29, 1.82) is 0 Å². The lowest BCUT2D eigenvalue weighted by molar-refractivity contribution is -0.248. The zero-order valence-electron chi connectivity index (χ0n) is 12.6. The Bertz CT molecular complexity index is 360. The number of aliphatic hydroxyl groups is 10. The second-order valence-electron chi connectivity index (χ2n) is 5.55. The fourth-order valence-corrected chi connectivity index (χ4v) is 2.30. The van der Waals surface area contributed by atoms with Gasteiger partial charge in [-0.15, -0.1) is 0 Å². The van der Waals surface area contributed by atoms with Crippen molar-refractivity contribution in [1.82, 2.24) is 0 Å². The highest BCUT2D eigenvalue weighted by Gasteiger charge is 2.53. The summed E-state index contributed by atoms with van der Waals surface area (Å²) in [6.45, 7) is -2.72. The third kappa shape index (κ3) is 4.01. The van der Waals surface area contributed by atoms with E-state index in [0.29, 0.717) is 0 Å². The second-order valence-corrected chi connectivity index (χ2v) is 5.55. The first kappa shape index (κ1) is 21.6. The summed E-state index contributed by atoms with van der Waals surface area (Å²) in [5.41, 5.74) is 0. The molecule has 24 heavy (non-hydrogen) atoms. The quantitative estimate of drug-likeness (QED) is 0.226. The molecule has 10 N–H and O–H groups in total. The zero-order valence-corrected chi connectivity index (χ0v) is 12.6. The molecule has 12 heteroatoms. The smallest absolute Gasteiger partial charge is 0.219 e. The molecule has 8 atom stereocenters. The van der Waals surface area contributed by atoms with Crippen molar-refractivity contribution >= 4 is 0 Å². The van der Waals surface area contributed by atoms with Crippen LogP contribution in [0.2, 0.25) is 0 Å². The van der Waals surface area contributed by atoms with Crippen LogP contribution in [-0.4, -0.2) is 126 Å². The molecular formula is C12H24O12. The molecule has 12 nitrogen and oxygen atoms in total. The molecule has 0 saturated carbocycles. The lowest BCUT2D eigenvalue weighted by atomic mass is 10.1. The van der Waals surface area contributed by atoms with E-state index in [4.69, 9.17) is 40.9 Å². The van der Waals surface area contributed by atoms with E-state index < -0.39 is 74.6 Å². The lowest BCUT2D eigenvalue weighted by Crippen LogP contribution is -2.46. The summed E-state index contributed by atoms with van der Waals surface area (Å²) < 4.78 is 9.25. The van der Waals surface area contributed by atoms with Crippen molar-refractivity contribution in [3.63, 3.8) is 0 Å². The van der Waals surface area contributed by atoms with Gasteiger partial charge in [-0.05, 0) is 0 Å². The number of aliphatic hydroxyl groups excluding tert-OH is 8. The first-order chi connectivity index (χ1) is 11.1. The van der Waals surface area contributed by atoms with Crippen LogP contribution >= 0.6 is 0 Å². The first-order valence-electron chi connectivity index (χ1n) is 7.06. The van der Waals surface area contributed by atoms with Crippen molar-refractivity contribution in [2.75, 3.05) is 26.4 Å². The monoisotopic (exact) mass is 360 g/mol. The highest BCUT2D eigenvalue weighted by Crippen LogP contribution is 2.29. The van der Waals surface area contributed by atoms with Crippen LogP contribution in [0.4, 0.5) is 0 Å². The Labute approximate surface area is 136 Å². The van der Waals surface area contributed by atoms with E-state index in [-0.39, 0.29) is 0 Å². The van der Waals surface area contributed by atoms with Crippen LogP contribution in [0.1, 0.15) is 0 Å². The van der Waals surface area contributed by atoms with Gasteiger partial charge in [-0.25, -0.2) is 0 Å². The minimum Gasteiger partial charge on any atom is -0.394 e. The van der Waals surface area contributed by atoms with Gasteiger partial charge in [-0.1, -0.05) is 0 Å². The Hall–Kier alpha value is -0.480. The van der Waals surface area contributed by atoms with Gasteiger partial charge in [0.15, 0.2) is 0 Å². The summed E-state index contributed by atoms with van der Waals surface area (Å²) in [6.07, 6.45) is -8.08. The predicted octanol–water partition coefficient (Wildman–Crippen LogP) is -6.44. The van der Waals surface area contributed by atoms with Crippen LogP contribution in [0.5, 0.6) is 0 Å². The van der Waals surface area contributed by atoms with Gasteiger partial charge >= 0.3 is 0 Å².